The smallest absolute Gasteiger partial charge is 0.309 e. The fraction of sp³-hybridized carbons (Fsp3) is 1.00. The fourth-order valence-corrected chi connectivity index (χ4v) is 2.06. The summed E-state index contributed by atoms with van der Waals surface area (Å²) < 4.78 is 101. The van der Waals surface area contributed by atoms with E-state index in [4.69, 9.17) is 0 Å². The lowest BCUT2D eigenvalue weighted by molar-refractivity contribution is -0.154. The largest absolute Gasteiger partial charge is 0.309 e. The van der Waals surface area contributed by atoms with Gasteiger partial charge in [-0.15, -0.1) is 0 Å². The first-order valence-corrected chi connectivity index (χ1v) is 6.31. The van der Waals surface area contributed by atoms with E-state index in [1.165, 1.54) is 13.8 Å². The molecular formula is C12H19F8N. The Kier molecular flexibility index (Phi) is 6.90. The standard InChI is InChI=1S/C12H19F8N/c1-7(2)21-10(3,6-12(19,20)9(15)16)4-5-11(17,18)8(13)14/h7-9,21H,4-6H2,1-3H3. The van der Waals surface area contributed by atoms with Crippen molar-refractivity contribution >= 4 is 0 Å². The zero-order valence-corrected chi connectivity index (χ0v) is 11.9. The van der Waals surface area contributed by atoms with Crippen LogP contribution in [0.5, 0.6) is 0 Å². The summed E-state index contributed by atoms with van der Waals surface area (Å²) in [5.41, 5.74) is -1.81. The van der Waals surface area contributed by atoms with Crippen molar-refractivity contribution in [2.24, 2.45) is 0 Å². The van der Waals surface area contributed by atoms with E-state index in [0.717, 1.165) is 6.92 Å². The van der Waals surface area contributed by atoms with Gasteiger partial charge >= 0.3 is 24.7 Å². The molecule has 0 amide bonds. The predicted molar refractivity (Wildman–Crippen MR) is 62.4 cm³/mol. The van der Waals surface area contributed by atoms with Crippen LogP contribution in [0.4, 0.5) is 35.1 Å². The second-order valence-electron chi connectivity index (χ2n) is 5.66. The number of nitrogens with one attached hydrogen (secondary N) is 1. The van der Waals surface area contributed by atoms with E-state index in [0.29, 0.717) is 0 Å². The van der Waals surface area contributed by atoms with E-state index in [1.807, 2.05) is 0 Å². The Morgan fingerprint density at radius 3 is 1.57 bits per heavy atom. The van der Waals surface area contributed by atoms with Gasteiger partial charge in [0.2, 0.25) is 0 Å². The molecule has 0 bridgehead atoms. The lowest BCUT2D eigenvalue weighted by Gasteiger charge is -2.36. The molecule has 1 N–H and O–H groups in total. The van der Waals surface area contributed by atoms with Crippen LogP contribution in [0.2, 0.25) is 0 Å². The lowest BCUT2D eigenvalue weighted by atomic mass is 9.86. The average Bonchev–Trinajstić information content (AvgIpc) is 2.24. The van der Waals surface area contributed by atoms with Gasteiger partial charge in [-0.1, -0.05) is 13.8 Å². The van der Waals surface area contributed by atoms with Crippen molar-refractivity contribution in [1.82, 2.24) is 5.32 Å². The molecule has 0 aromatic rings. The second-order valence-corrected chi connectivity index (χ2v) is 5.66. The van der Waals surface area contributed by atoms with Crippen molar-refractivity contribution < 1.29 is 35.1 Å². The van der Waals surface area contributed by atoms with Gasteiger partial charge in [-0.25, -0.2) is 35.1 Å². The van der Waals surface area contributed by atoms with Gasteiger partial charge in [0, 0.05) is 24.4 Å². The normalized spacial score (nSPS) is 16.9. The van der Waals surface area contributed by atoms with E-state index < -0.39 is 55.5 Å². The Morgan fingerprint density at radius 1 is 0.810 bits per heavy atom. The van der Waals surface area contributed by atoms with E-state index >= 15 is 0 Å². The molecule has 0 aromatic carbocycles. The molecule has 0 aromatic heterocycles. The van der Waals surface area contributed by atoms with Crippen LogP contribution in [0, 0.1) is 0 Å². The van der Waals surface area contributed by atoms with Crippen molar-refractivity contribution in [2.45, 2.75) is 76.3 Å². The number of rotatable bonds is 9. The van der Waals surface area contributed by atoms with Gasteiger partial charge in [-0.05, 0) is 13.3 Å². The minimum atomic E-state index is -4.39. The third-order valence-electron chi connectivity index (χ3n) is 2.91. The summed E-state index contributed by atoms with van der Waals surface area (Å²) in [6.45, 7) is 4.05. The van der Waals surface area contributed by atoms with Crippen molar-refractivity contribution in [3.8, 4) is 0 Å². The molecule has 21 heavy (non-hydrogen) atoms. The van der Waals surface area contributed by atoms with Crippen LogP contribution in [0.15, 0.2) is 0 Å². The summed E-state index contributed by atoms with van der Waals surface area (Å²) in [6.07, 6.45) is -11.5. The molecule has 0 aliphatic rings. The minimum absolute atomic E-state index is 0.469. The molecule has 0 spiro atoms. The molecule has 0 radical (unpaired) electrons. The fourth-order valence-electron chi connectivity index (χ4n) is 2.06. The Bertz CT molecular complexity index is 318. The van der Waals surface area contributed by atoms with Gasteiger partial charge in [0.15, 0.2) is 0 Å². The first kappa shape index (κ1) is 20.4. The van der Waals surface area contributed by atoms with Crippen LogP contribution in [0.3, 0.4) is 0 Å². The van der Waals surface area contributed by atoms with Crippen LogP contribution < -0.4 is 5.32 Å². The average molecular weight is 329 g/mol. The van der Waals surface area contributed by atoms with Crippen LogP contribution in [-0.2, 0) is 0 Å². The topological polar surface area (TPSA) is 12.0 Å². The maximum absolute atomic E-state index is 13.1. The highest BCUT2D eigenvalue weighted by Gasteiger charge is 2.49. The predicted octanol–water partition coefficient (Wildman–Crippen LogP) is 4.71. The van der Waals surface area contributed by atoms with Crippen molar-refractivity contribution in [3.63, 3.8) is 0 Å². The first-order chi connectivity index (χ1) is 9.22. The molecule has 1 unspecified atom stereocenters. The van der Waals surface area contributed by atoms with Gasteiger partial charge in [-0.2, -0.15) is 0 Å². The van der Waals surface area contributed by atoms with Gasteiger partial charge in [-0.3, -0.25) is 0 Å². The zero-order chi connectivity index (χ0) is 17.1. The SMILES string of the molecule is CC(C)NC(C)(CCC(F)(F)C(F)F)CC(F)(F)C(F)F. The Hall–Kier alpha value is -0.600. The highest BCUT2D eigenvalue weighted by Crippen LogP contribution is 2.37. The molecule has 0 saturated carbocycles. The van der Waals surface area contributed by atoms with Crippen molar-refractivity contribution in [2.75, 3.05) is 0 Å². The minimum Gasteiger partial charge on any atom is -0.309 e. The number of hydrogen-bond acceptors (Lipinski definition) is 1. The molecule has 9 heteroatoms. The van der Waals surface area contributed by atoms with E-state index in [-0.39, 0.29) is 0 Å². The first-order valence-electron chi connectivity index (χ1n) is 6.31. The maximum atomic E-state index is 13.1. The highest BCUT2D eigenvalue weighted by molar-refractivity contribution is 4.92. The van der Waals surface area contributed by atoms with E-state index in [2.05, 4.69) is 5.32 Å². The molecule has 0 saturated heterocycles. The molecule has 0 fully saturated rings. The van der Waals surface area contributed by atoms with Crippen LogP contribution in [-0.4, -0.2) is 36.3 Å². The monoisotopic (exact) mass is 329 g/mol. The summed E-state index contributed by atoms with van der Waals surface area (Å²) in [6, 6.07) is -0.469. The molecule has 0 heterocycles. The van der Waals surface area contributed by atoms with Crippen molar-refractivity contribution in [3.05, 3.63) is 0 Å². The summed E-state index contributed by atoms with van der Waals surface area (Å²) >= 11 is 0. The molecule has 1 atom stereocenters. The summed E-state index contributed by atoms with van der Waals surface area (Å²) in [5.74, 6) is -8.74. The lowest BCUT2D eigenvalue weighted by Crippen LogP contribution is -2.52. The van der Waals surface area contributed by atoms with Crippen LogP contribution in [0.25, 0.3) is 0 Å². The van der Waals surface area contributed by atoms with Gasteiger partial charge in [0.25, 0.3) is 0 Å². The third kappa shape index (κ3) is 6.80. The summed E-state index contributed by atoms with van der Waals surface area (Å²) in [7, 11) is 0. The van der Waals surface area contributed by atoms with Gasteiger partial charge in [0.05, 0.1) is 0 Å². The summed E-state index contributed by atoms with van der Waals surface area (Å²) in [4.78, 5) is 0. The van der Waals surface area contributed by atoms with Crippen LogP contribution in [0.1, 0.15) is 40.0 Å². The molecule has 128 valence electrons. The van der Waals surface area contributed by atoms with Crippen molar-refractivity contribution in [1.29, 1.82) is 0 Å². The quantitative estimate of drug-likeness (QED) is 0.604. The third-order valence-corrected chi connectivity index (χ3v) is 2.91. The molecule has 0 aliphatic heterocycles. The molecule has 1 nitrogen and oxygen atoms in total. The maximum Gasteiger partial charge on any atom is 0.309 e. The Morgan fingerprint density at radius 2 is 1.24 bits per heavy atom. The molecule has 0 rings (SSSR count). The number of halogens is 8. The molecule has 0 aliphatic carbocycles. The number of alkyl halides is 8. The zero-order valence-electron chi connectivity index (χ0n) is 11.9. The van der Waals surface area contributed by atoms with Gasteiger partial charge in [0.1, 0.15) is 0 Å². The van der Waals surface area contributed by atoms with Crippen LogP contribution >= 0.6 is 0 Å². The number of hydrogen-bond donors (Lipinski definition) is 1. The molecular weight excluding hydrogens is 310 g/mol. The van der Waals surface area contributed by atoms with E-state index in [1.54, 1.807) is 0 Å². The Balaban J connectivity index is 5.01. The Labute approximate surface area is 118 Å². The summed E-state index contributed by atoms with van der Waals surface area (Å²) in [5, 5.41) is 2.49. The second kappa shape index (κ2) is 7.11. The van der Waals surface area contributed by atoms with E-state index in [9.17, 15) is 35.1 Å². The van der Waals surface area contributed by atoms with Gasteiger partial charge < -0.3 is 5.32 Å². The highest BCUT2D eigenvalue weighted by atomic mass is 19.3.